The quantitative estimate of drug-likeness (QED) is 0.780. The van der Waals surface area contributed by atoms with Gasteiger partial charge in [-0.1, -0.05) is 0 Å². The van der Waals surface area contributed by atoms with Gasteiger partial charge in [0.2, 0.25) is 11.8 Å². The second-order valence-electron chi connectivity index (χ2n) is 7.85. The van der Waals surface area contributed by atoms with Crippen molar-refractivity contribution in [2.45, 2.75) is 62.7 Å². The zero-order valence-corrected chi connectivity index (χ0v) is 14.3. The molecule has 1 saturated carbocycles. The molecule has 2 N–H and O–H groups in total. The number of imide groups is 1. The van der Waals surface area contributed by atoms with Crippen LogP contribution in [0.2, 0.25) is 0 Å². The first-order valence-corrected chi connectivity index (χ1v) is 9.23. The summed E-state index contributed by atoms with van der Waals surface area (Å²) in [4.78, 5) is 37.9. The number of nitrogens with zero attached hydrogens (tertiary/aromatic N) is 1. The van der Waals surface area contributed by atoms with Gasteiger partial charge < -0.3 is 10.2 Å². The molecule has 1 aromatic rings. The average molecular weight is 357 g/mol. The molecule has 0 spiro atoms. The highest BCUT2D eigenvalue weighted by Crippen LogP contribution is 2.43. The van der Waals surface area contributed by atoms with E-state index in [-0.39, 0.29) is 36.5 Å². The summed E-state index contributed by atoms with van der Waals surface area (Å²) in [6.07, 6.45) is 3.45. The molecule has 136 valence electrons. The lowest BCUT2D eigenvalue weighted by Crippen LogP contribution is -2.57. The first kappa shape index (κ1) is 15.9. The standard InChI is InChI=1S/C19H20FN3O3/c20-14-2-1-12-13(17(14)9-5-10-7-11(6-9)21-10)8-23(19(12)26)15-3-4-16(24)22-18(15)25/h1-2,9-11,15,21H,3-8H2,(H,22,24,25). The number of nitrogens with one attached hydrogen (secondary N) is 2. The van der Waals surface area contributed by atoms with E-state index in [2.05, 4.69) is 10.6 Å². The molecule has 1 aliphatic carbocycles. The van der Waals surface area contributed by atoms with Crippen LogP contribution in [0.3, 0.4) is 0 Å². The van der Waals surface area contributed by atoms with Crippen molar-refractivity contribution in [1.29, 1.82) is 0 Å². The summed E-state index contributed by atoms with van der Waals surface area (Å²) < 4.78 is 14.7. The zero-order chi connectivity index (χ0) is 18.0. The lowest BCUT2D eigenvalue weighted by atomic mass is 9.72. The number of benzene rings is 1. The number of piperidine rings is 2. The van der Waals surface area contributed by atoms with Crippen molar-refractivity contribution in [1.82, 2.24) is 15.5 Å². The lowest BCUT2D eigenvalue weighted by molar-refractivity contribution is -0.136. The number of rotatable bonds is 2. The Hall–Kier alpha value is -2.28. The molecule has 3 saturated heterocycles. The van der Waals surface area contributed by atoms with Gasteiger partial charge in [-0.25, -0.2) is 4.39 Å². The Labute approximate surface area is 150 Å². The van der Waals surface area contributed by atoms with E-state index in [1.807, 2.05) is 0 Å². The summed E-state index contributed by atoms with van der Waals surface area (Å²) in [6, 6.07) is 3.14. The summed E-state index contributed by atoms with van der Waals surface area (Å²) in [5.41, 5.74) is 1.88. The van der Waals surface area contributed by atoms with E-state index in [4.69, 9.17) is 0 Å². The molecule has 1 aromatic carbocycles. The Morgan fingerprint density at radius 3 is 2.50 bits per heavy atom. The van der Waals surface area contributed by atoms with Gasteiger partial charge in [-0.2, -0.15) is 0 Å². The molecular formula is C19H20FN3O3. The van der Waals surface area contributed by atoms with Crippen LogP contribution < -0.4 is 10.6 Å². The van der Waals surface area contributed by atoms with Crippen molar-refractivity contribution in [2.75, 3.05) is 0 Å². The lowest BCUT2D eigenvalue weighted by Gasteiger charge is -2.47. The van der Waals surface area contributed by atoms with Crippen LogP contribution in [0.15, 0.2) is 12.1 Å². The fraction of sp³-hybridized carbons (Fsp3) is 0.526. The number of halogens is 1. The Balaban J connectivity index is 1.47. The molecule has 3 atom stereocenters. The van der Waals surface area contributed by atoms with Crippen LogP contribution in [0.1, 0.15) is 59.5 Å². The first-order chi connectivity index (χ1) is 12.5. The minimum atomic E-state index is -0.662. The van der Waals surface area contributed by atoms with Crippen molar-refractivity contribution in [3.05, 3.63) is 34.6 Å². The summed E-state index contributed by atoms with van der Waals surface area (Å²) in [7, 11) is 0. The predicted molar refractivity (Wildman–Crippen MR) is 89.7 cm³/mol. The van der Waals surface area contributed by atoms with Gasteiger partial charge in [-0.3, -0.25) is 19.7 Å². The van der Waals surface area contributed by atoms with Crippen molar-refractivity contribution in [3.63, 3.8) is 0 Å². The second kappa shape index (κ2) is 5.61. The topological polar surface area (TPSA) is 78.5 Å². The Morgan fingerprint density at radius 2 is 1.81 bits per heavy atom. The Bertz CT molecular complexity index is 824. The van der Waals surface area contributed by atoms with Gasteiger partial charge in [0.05, 0.1) is 0 Å². The number of carbonyl (C=O) groups is 3. The summed E-state index contributed by atoms with van der Waals surface area (Å²) >= 11 is 0. The van der Waals surface area contributed by atoms with Gasteiger partial charge in [-0.05, 0) is 54.9 Å². The van der Waals surface area contributed by atoms with Crippen LogP contribution >= 0.6 is 0 Å². The molecule has 6 nitrogen and oxygen atoms in total. The largest absolute Gasteiger partial charge is 0.322 e. The molecule has 7 heteroatoms. The Morgan fingerprint density at radius 1 is 1.08 bits per heavy atom. The molecule has 5 aliphatic rings. The maximum atomic E-state index is 14.7. The van der Waals surface area contributed by atoms with E-state index >= 15 is 0 Å². The van der Waals surface area contributed by atoms with Crippen LogP contribution in [-0.4, -0.2) is 40.7 Å². The highest BCUT2D eigenvalue weighted by molar-refractivity contribution is 6.05. The molecule has 3 amide bonds. The van der Waals surface area contributed by atoms with Gasteiger partial charge in [-0.15, -0.1) is 0 Å². The minimum Gasteiger partial charge on any atom is -0.322 e. The molecule has 0 radical (unpaired) electrons. The smallest absolute Gasteiger partial charge is 0.255 e. The van der Waals surface area contributed by atoms with Crippen LogP contribution in [0.4, 0.5) is 4.39 Å². The van der Waals surface area contributed by atoms with Crippen molar-refractivity contribution in [2.24, 2.45) is 0 Å². The van der Waals surface area contributed by atoms with Gasteiger partial charge >= 0.3 is 0 Å². The van der Waals surface area contributed by atoms with E-state index in [1.165, 1.54) is 17.0 Å². The van der Waals surface area contributed by atoms with Crippen molar-refractivity contribution < 1.29 is 18.8 Å². The molecule has 2 bridgehead atoms. The molecule has 3 unspecified atom stereocenters. The minimum absolute atomic E-state index is 0.115. The molecular weight excluding hydrogens is 337 g/mol. The number of carbonyl (C=O) groups excluding carboxylic acids is 3. The number of fused-ring (bicyclic) bond motifs is 3. The summed E-state index contributed by atoms with van der Waals surface area (Å²) in [5.74, 6) is -1.13. The van der Waals surface area contributed by atoms with E-state index in [0.29, 0.717) is 29.6 Å². The van der Waals surface area contributed by atoms with E-state index in [1.54, 1.807) is 0 Å². The van der Waals surface area contributed by atoms with E-state index < -0.39 is 11.9 Å². The van der Waals surface area contributed by atoms with Gasteiger partial charge in [0.15, 0.2) is 0 Å². The predicted octanol–water partition coefficient (Wildman–Crippen LogP) is 1.19. The highest BCUT2D eigenvalue weighted by Gasteiger charge is 2.44. The summed E-state index contributed by atoms with van der Waals surface area (Å²) in [5, 5.41) is 5.76. The van der Waals surface area contributed by atoms with Gasteiger partial charge in [0, 0.05) is 30.6 Å². The summed E-state index contributed by atoms with van der Waals surface area (Å²) in [6.45, 7) is 0.243. The average Bonchev–Trinajstić information content (AvgIpc) is 2.91. The van der Waals surface area contributed by atoms with Crippen LogP contribution in [0.5, 0.6) is 0 Å². The molecule has 0 aromatic heterocycles. The van der Waals surface area contributed by atoms with Crippen molar-refractivity contribution in [3.8, 4) is 0 Å². The third kappa shape index (κ3) is 2.30. The number of amides is 3. The Kier molecular flexibility index (Phi) is 3.44. The maximum Gasteiger partial charge on any atom is 0.255 e. The third-order valence-corrected chi connectivity index (χ3v) is 6.30. The van der Waals surface area contributed by atoms with E-state index in [9.17, 15) is 18.8 Å². The molecule has 4 heterocycles. The fourth-order valence-electron chi connectivity index (χ4n) is 5.08. The maximum absolute atomic E-state index is 14.7. The second-order valence-corrected chi connectivity index (χ2v) is 7.85. The highest BCUT2D eigenvalue weighted by atomic mass is 19.1. The first-order valence-electron chi connectivity index (χ1n) is 9.23. The third-order valence-electron chi connectivity index (χ3n) is 6.30. The monoisotopic (exact) mass is 357 g/mol. The normalized spacial score (nSPS) is 33.0. The molecule has 4 aliphatic heterocycles. The van der Waals surface area contributed by atoms with Gasteiger partial charge in [0.1, 0.15) is 11.9 Å². The fourth-order valence-corrected chi connectivity index (χ4v) is 5.08. The molecule has 26 heavy (non-hydrogen) atoms. The van der Waals surface area contributed by atoms with Crippen LogP contribution in [0.25, 0.3) is 0 Å². The molecule has 6 rings (SSSR count). The van der Waals surface area contributed by atoms with Crippen LogP contribution in [0, 0.1) is 5.82 Å². The number of hydrogen-bond acceptors (Lipinski definition) is 4. The number of hydrogen-bond donors (Lipinski definition) is 2. The van der Waals surface area contributed by atoms with Gasteiger partial charge in [0.25, 0.3) is 5.91 Å². The SMILES string of the molecule is O=C1CCC(N2Cc3c(ccc(F)c3C3CC4CC(C3)N4)C2=O)C(=O)N1. The van der Waals surface area contributed by atoms with Crippen molar-refractivity contribution >= 4 is 17.7 Å². The van der Waals surface area contributed by atoms with E-state index in [0.717, 1.165) is 24.8 Å². The zero-order valence-electron chi connectivity index (χ0n) is 14.3. The molecule has 4 fully saturated rings. The van der Waals surface area contributed by atoms with Crippen LogP contribution in [-0.2, 0) is 16.1 Å².